The van der Waals surface area contributed by atoms with Gasteiger partial charge in [0.15, 0.2) is 0 Å². The number of halogens is 1. The van der Waals surface area contributed by atoms with Crippen molar-refractivity contribution in [3.05, 3.63) is 53.1 Å². The van der Waals surface area contributed by atoms with Crippen molar-refractivity contribution in [1.29, 1.82) is 0 Å². The molecular weight excluding hydrogens is 205 g/mol. The molecule has 0 radical (unpaired) electrons. The van der Waals surface area contributed by atoms with Gasteiger partial charge in [0.1, 0.15) is 5.82 Å². The summed E-state index contributed by atoms with van der Waals surface area (Å²) in [5.41, 5.74) is 8.31. The van der Waals surface area contributed by atoms with Gasteiger partial charge in [-0.25, -0.2) is 4.39 Å². The largest absolute Gasteiger partial charge is 0.325 e. The van der Waals surface area contributed by atoms with Gasteiger partial charge in [0.25, 0.3) is 0 Å². The normalized spacial score (nSPS) is 10.7. The van der Waals surface area contributed by atoms with Crippen molar-refractivity contribution < 1.29 is 4.39 Å². The second-order valence-electron chi connectivity index (χ2n) is 3.78. The van der Waals surface area contributed by atoms with Gasteiger partial charge in [-0.05, 0) is 36.2 Å². The fourth-order valence-electron chi connectivity index (χ4n) is 1.59. The highest BCUT2D eigenvalue weighted by Gasteiger charge is 2.03. The Hall–Kier alpha value is -1.68. The molecule has 0 atom stereocenters. The van der Waals surface area contributed by atoms with E-state index in [9.17, 15) is 4.39 Å². The lowest BCUT2D eigenvalue weighted by Gasteiger charge is -2.06. The Morgan fingerprint density at radius 2 is 2.19 bits per heavy atom. The predicted octanol–water partition coefficient (Wildman–Crippen LogP) is 1.84. The molecular formula is C12H14FN3. The molecule has 0 aliphatic rings. The molecule has 16 heavy (non-hydrogen) atoms. The van der Waals surface area contributed by atoms with E-state index < -0.39 is 0 Å². The number of benzene rings is 1. The quantitative estimate of drug-likeness (QED) is 0.856. The number of aromatic nitrogens is 2. The second kappa shape index (κ2) is 4.45. The molecule has 0 saturated carbocycles. The molecule has 0 aliphatic heterocycles. The molecule has 0 spiro atoms. The average molecular weight is 219 g/mol. The van der Waals surface area contributed by atoms with Crippen molar-refractivity contribution in [3.8, 4) is 0 Å². The van der Waals surface area contributed by atoms with Crippen LogP contribution >= 0.6 is 0 Å². The maximum absolute atomic E-state index is 13.1. The van der Waals surface area contributed by atoms with Crippen LogP contribution in [0.2, 0.25) is 0 Å². The van der Waals surface area contributed by atoms with Crippen LogP contribution in [0.25, 0.3) is 0 Å². The summed E-state index contributed by atoms with van der Waals surface area (Å²) >= 11 is 0. The van der Waals surface area contributed by atoms with Crippen LogP contribution in [-0.4, -0.2) is 9.78 Å². The van der Waals surface area contributed by atoms with E-state index in [0.29, 0.717) is 13.1 Å². The molecule has 0 aliphatic carbocycles. The summed E-state index contributed by atoms with van der Waals surface area (Å²) in [6, 6.07) is 6.65. The number of nitrogens with two attached hydrogens (primary N) is 1. The zero-order valence-corrected chi connectivity index (χ0v) is 9.15. The third-order valence-corrected chi connectivity index (χ3v) is 2.55. The molecule has 0 saturated heterocycles. The first kappa shape index (κ1) is 10.8. The van der Waals surface area contributed by atoms with Gasteiger partial charge in [0.2, 0.25) is 0 Å². The first-order chi connectivity index (χ1) is 7.69. The summed E-state index contributed by atoms with van der Waals surface area (Å²) in [6.07, 6.45) is 1.85. The molecule has 2 rings (SSSR count). The lowest BCUT2D eigenvalue weighted by molar-refractivity contribution is 0.616. The van der Waals surface area contributed by atoms with E-state index in [1.165, 1.54) is 6.07 Å². The Morgan fingerprint density at radius 3 is 2.88 bits per heavy atom. The van der Waals surface area contributed by atoms with Gasteiger partial charge >= 0.3 is 0 Å². The van der Waals surface area contributed by atoms with Crippen LogP contribution in [0.1, 0.15) is 16.8 Å². The van der Waals surface area contributed by atoms with Crippen LogP contribution < -0.4 is 5.73 Å². The number of hydrogen-bond acceptors (Lipinski definition) is 2. The SMILES string of the molecule is Cc1ccc(F)cc1Cn1ccc(CN)n1. The Morgan fingerprint density at radius 1 is 1.38 bits per heavy atom. The van der Waals surface area contributed by atoms with E-state index in [1.807, 2.05) is 19.2 Å². The van der Waals surface area contributed by atoms with Crippen molar-refractivity contribution in [2.24, 2.45) is 5.73 Å². The lowest BCUT2D eigenvalue weighted by atomic mass is 10.1. The highest BCUT2D eigenvalue weighted by atomic mass is 19.1. The predicted molar refractivity (Wildman–Crippen MR) is 60.4 cm³/mol. The Balaban J connectivity index is 2.22. The lowest BCUT2D eigenvalue weighted by Crippen LogP contribution is -2.04. The molecule has 1 aromatic carbocycles. The minimum absolute atomic E-state index is 0.216. The van der Waals surface area contributed by atoms with Crippen molar-refractivity contribution in [2.45, 2.75) is 20.0 Å². The first-order valence-corrected chi connectivity index (χ1v) is 5.16. The molecule has 0 fully saturated rings. The summed E-state index contributed by atoms with van der Waals surface area (Å²) in [5, 5.41) is 4.26. The summed E-state index contributed by atoms with van der Waals surface area (Å²) in [5.74, 6) is -0.216. The third kappa shape index (κ3) is 2.28. The minimum atomic E-state index is -0.216. The molecule has 0 bridgehead atoms. The fraction of sp³-hybridized carbons (Fsp3) is 0.250. The number of hydrogen-bond donors (Lipinski definition) is 1. The molecule has 2 N–H and O–H groups in total. The summed E-state index contributed by atoms with van der Waals surface area (Å²) in [4.78, 5) is 0. The standard InChI is InChI=1S/C12H14FN3/c1-9-2-3-11(13)6-10(9)8-16-5-4-12(7-14)15-16/h2-6H,7-8,14H2,1H3. The number of nitrogens with zero attached hydrogens (tertiary/aromatic N) is 2. The molecule has 3 nitrogen and oxygen atoms in total. The second-order valence-corrected chi connectivity index (χ2v) is 3.78. The Kier molecular flexibility index (Phi) is 3.01. The molecule has 1 heterocycles. The summed E-state index contributed by atoms with van der Waals surface area (Å²) in [6.45, 7) is 2.96. The zero-order chi connectivity index (χ0) is 11.5. The van der Waals surface area contributed by atoms with E-state index in [-0.39, 0.29) is 5.82 Å². The Bertz CT molecular complexity index is 491. The topological polar surface area (TPSA) is 43.8 Å². The average Bonchev–Trinajstić information content (AvgIpc) is 2.71. The maximum atomic E-state index is 13.1. The van der Waals surface area contributed by atoms with Crippen LogP contribution in [0.15, 0.2) is 30.5 Å². The van der Waals surface area contributed by atoms with E-state index in [0.717, 1.165) is 16.8 Å². The van der Waals surface area contributed by atoms with Crippen molar-refractivity contribution >= 4 is 0 Å². The van der Waals surface area contributed by atoms with Crippen molar-refractivity contribution in [1.82, 2.24) is 9.78 Å². The number of aryl methyl sites for hydroxylation is 1. The fourth-order valence-corrected chi connectivity index (χ4v) is 1.59. The van der Waals surface area contributed by atoms with Crippen LogP contribution in [0.4, 0.5) is 4.39 Å². The van der Waals surface area contributed by atoms with Crippen LogP contribution in [0.5, 0.6) is 0 Å². The minimum Gasteiger partial charge on any atom is -0.325 e. The van der Waals surface area contributed by atoms with Crippen LogP contribution in [0.3, 0.4) is 0 Å². The van der Waals surface area contributed by atoms with Gasteiger partial charge in [-0.2, -0.15) is 5.10 Å². The van der Waals surface area contributed by atoms with E-state index in [1.54, 1.807) is 16.8 Å². The molecule has 0 amide bonds. The van der Waals surface area contributed by atoms with Crippen LogP contribution in [0, 0.1) is 12.7 Å². The monoisotopic (exact) mass is 219 g/mol. The van der Waals surface area contributed by atoms with Crippen molar-refractivity contribution in [3.63, 3.8) is 0 Å². The summed E-state index contributed by atoms with van der Waals surface area (Å²) in [7, 11) is 0. The smallest absolute Gasteiger partial charge is 0.123 e. The van der Waals surface area contributed by atoms with E-state index in [2.05, 4.69) is 5.10 Å². The summed E-state index contributed by atoms with van der Waals surface area (Å²) < 4.78 is 14.8. The van der Waals surface area contributed by atoms with Crippen molar-refractivity contribution in [2.75, 3.05) is 0 Å². The van der Waals surface area contributed by atoms with Gasteiger partial charge in [-0.1, -0.05) is 6.07 Å². The van der Waals surface area contributed by atoms with Gasteiger partial charge in [0.05, 0.1) is 12.2 Å². The highest BCUT2D eigenvalue weighted by molar-refractivity contribution is 5.26. The van der Waals surface area contributed by atoms with Gasteiger partial charge in [0, 0.05) is 12.7 Å². The molecule has 0 unspecified atom stereocenters. The maximum Gasteiger partial charge on any atom is 0.123 e. The van der Waals surface area contributed by atoms with Gasteiger partial charge in [-0.15, -0.1) is 0 Å². The van der Waals surface area contributed by atoms with Crippen LogP contribution in [-0.2, 0) is 13.1 Å². The third-order valence-electron chi connectivity index (χ3n) is 2.55. The van der Waals surface area contributed by atoms with E-state index in [4.69, 9.17) is 5.73 Å². The van der Waals surface area contributed by atoms with Gasteiger partial charge < -0.3 is 5.73 Å². The van der Waals surface area contributed by atoms with E-state index >= 15 is 0 Å². The van der Waals surface area contributed by atoms with Gasteiger partial charge in [-0.3, -0.25) is 4.68 Å². The molecule has 4 heteroatoms. The molecule has 2 aromatic rings. The Labute approximate surface area is 93.7 Å². The molecule has 1 aromatic heterocycles. The number of rotatable bonds is 3. The zero-order valence-electron chi connectivity index (χ0n) is 9.15. The molecule has 84 valence electrons. The highest BCUT2D eigenvalue weighted by Crippen LogP contribution is 2.11. The first-order valence-electron chi connectivity index (χ1n) is 5.16.